The Morgan fingerprint density at radius 2 is 1.97 bits per heavy atom. The Balaban J connectivity index is 2.01. The van der Waals surface area contributed by atoms with Gasteiger partial charge in [0, 0.05) is 13.1 Å². The molecular weight excluding hydrogens is 426 g/mol. The molecule has 1 amide bonds. The van der Waals surface area contributed by atoms with E-state index in [2.05, 4.69) is 25.0 Å². The van der Waals surface area contributed by atoms with Crippen molar-refractivity contribution in [3.63, 3.8) is 0 Å². The highest BCUT2D eigenvalue weighted by Gasteiger charge is 2.25. The van der Waals surface area contributed by atoms with E-state index in [0.29, 0.717) is 42.6 Å². The number of hydrogen-bond acceptors (Lipinski definition) is 4. The van der Waals surface area contributed by atoms with Gasteiger partial charge in [0.2, 0.25) is 0 Å². The number of aromatic nitrogens is 2. The fraction of sp³-hybridized carbons (Fsp3) is 0.360. The first-order valence-electron chi connectivity index (χ1n) is 10.7. The monoisotopic (exact) mass is 455 g/mol. The van der Waals surface area contributed by atoms with Gasteiger partial charge < -0.3 is 18.9 Å². The fourth-order valence-corrected chi connectivity index (χ4v) is 3.95. The summed E-state index contributed by atoms with van der Waals surface area (Å²) in [6.07, 6.45) is 2.70. The van der Waals surface area contributed by atoms with Crippen LogP contribution in [0.1, 0.15) is 36.5 Å². The topological polar surface area (TPSA) is 56.6 Å². The van der Waals surface area contributed by atoms with Gasteiger partial charge in [-0.2, -0.15) is 0 Å². The summed E-state index contributed by atoms with van der Waals surface area (Å²) in [6, 6.07) is 11.3. The Hall–Kier alpha value is -2.99. The van der Waals surface area contributed by atoms with Gasteiger partial charge in [0.05, 0.1) is 42.4 Å². The van der Waals surface area contributed by atoms with Crippen molar-refractivity contribution >= 4 is 28.5 Å². The first-order valence-corrected chi connectivity index (χ1v) is 11.0. The maximum atomic E-state index is 13.6. The Bertz CT molecular complexity index is 1110. The molecule has 1 aromatic heterocycles. The van der Waals surface area contributed by atoms with Crippen LogP contribution in [0.4, 0.5) is 0 Å². The molecule has 0 atom stereocenters. The van der Waals surface area contributed by atoms with Gasteiger partial charge in [0.1, 0.15) is 5.82 Å². The van der Waals surface area contributed by atoms with Crippen molar-refractivity contribution in [3.8, 4) is 11.5 Å². The Morgan fingerprint density at radius 3 is 2.62 bits per heavy atom. The maximum absolute atomic E-state index is 13.6. The summed E-state index contributed by atoms with van der Waals surface area (Å²) in [5.41, 5.74) is 2.28. The van der Waals surface area contributed by atoms with Crippen LogP contribution in [0.15, 0.2) is 49.1 Å². The van der Waals surface area contributed by atoms with Crippen molar-refractivity contribution < 1.29 is 14.3 Å². The van der Waals surface area contributed by atoms with Gasteiger partial charge >= 0.3 is 0 Å². The second-order valence-corrected chi connectivity index (χ2v) is 8.37. The SMILES string of the molecule is C=CCn1c(CN(CCC(C)C)C(=O)c2ccc(OC)c(OC)c2Cl)nc2ccccc21. The highest BCUT2D eigenvalue weighted by atomic mass is 35.5. The molecule has 3 rings (SSSR count). The number of allylic oxidation sites excluding steroid dienone is 1. The standard InChI is InChI=1S/C25H30ClN3O3/c1-6-14-29-20-10-8-7-9-19(20)27-22(29)16-28(15-13-17(2)3)25(30)18-11-12-21(31-4)24(32-5)23(18)26/h6-12,17H,1,13-16H2,2-5H3. The van der Waals surface area contributed by atoms with Crippen molar-refractivity contribution in [1.82, 2.24) is 14.5 Å². The van der Waals surface area contributed by atoms with E-state index in [4.69, 9.17) is 26.1 Å². The van der Waals surface area contributed by atoms with Crippen LogP contribution >= 0.6 is 11.6 Å². The van der Waals surface area contributed by atoms with E-state index in [0.717, 1.165) is 23.3 Å². The highest BCUT2D eigenvalue weighted by Crippen LogP contribution is 2.38. The molecule has 0 saturated heterocycles. The first kappa shape index (κ1) is 23.7. The van der Waals surface area contributed by atoms with Gasteiger partial charge in [-0.3, -0.25) is 4.79 Å². The first-order chi connectivity index (χ1) is 15.4. The van der Waals surface area contributed by atoms with Crippen LogP contribution in [0.3, 0.4) is 0 Å². The second kappa shape index (κ2) is 10.6. The molecule has 0 saturated carbocycles. The van der Waals surface area contributed by atoms with E-state index >= 15 is 0 Å². The minimum atomic E-state index is -0.172. The lowest BCUT2D eigenvalue weighted by Gasteiger charge is -2.25. The Morgan fingerprint density at radius 1 is 1.22 bits per heavy atom. The second-order valence-electron chi connectivity index (χ2n) is 7.99. The molecular formula is C25H30ClN3O3. The lowest BCUT2D eigenvalue weighted by Crippen LogP contribution is -2.33. The number of fused-ring (bicyclic) bond motifs is 1. The summed E-state index contributed by atoms with van der Waals surface area (Å²) >= 11 is 6.56. The minimum Gasteiger partial charge on any atom is -0.493 e. The number of benzene rings is 2. The number of ether oxygens (including phenoxy) is 2. The molecule has 0 fully saturated rings. The molecule has 2 aromatic carbocycles. The van der Waals surface area contributed by atoms with Crippen LogP contribution < -0.4 is 9.47 Å². The Kier molecular flexibility index (Phi) is 7.80. The fourth-order valence-electron chi connectivity index (χ4n) is 3.64. The van der Waals surface area contributed by atoms with Crippen LogP contribution in [-0.2, 0) is 13.1 Å². The molecule has 170 valence electrons. The normalized spacial score (nSPS) is 11.1. The summed E-state index contributed by atoms with van der Waals surface area (Å²) in [6.45, 7) is 9.71. The van der Waals surface area contributed by atoms with Crippen LogP contribution in [0.2, 0.25) is 5.02 Å². The third-order valence-electron chi connectivity index (χ3n) is 5.36. The summed E-state index contributed by atoms with van der Waals surface area (Å²) in [7, 11) is 3.04. The molecule has 32 heavy (non-hydrogen) atoms. The number of nitrogens with zero attached hydrogens (tertiary/aromatic N) is 3. The molecule has 1 heterocycles. The summed E-state index contributed by atoms with van der Waals surface area (Å²) in [5.74, 6) is 1.91. The number of carbonyl (C=O) groups excluding carboxylic acids is 1. The molecule has 0 unspecified atom stereocenters. The summed E-state index contributed by atoms with van der Waals surface area (Å²) < 4.78 is 12.8. The highest BCUT2D eigenvalue weighted by molar-refractivity contribution is 6.35. The van der Waals surface area contributed by atoms with Gasteiger partial charge in [0.15, 0.2) is 11.5 Å². The van der Waals surface area contributed by atoms with E-state index in [1.807, 2.05) is 30.3 Å². The third kappa shape index (κ3) is 4.91. The summed E-state index contributed by atoms with van der Waals surface area (Å²) in [5, 5.41) is 0.242. The number of halogens is 1. The number of rotatable bonds is 10. The average Bonchev–Trinajstić information content (AvgIpc) is 3.13. The number of hydrogen-bond donors (Lipinski definition) is 0. The van der Waals surface area contributed by atoms with Crippen molar-refractivity contribution in [3.05, 3.63) is 65.5 Å². The van der Waals surface area contributed by atoms with Gasteiger partial charge in [-0.1, -0.05) is 43.7 Å². The van der Waals surface area contributed by atoms with Crippen LogP contribution in [0.5, 0.6) is 11.5 Å². The smallest absolute Gasteiger partial charge is 0.255 e. The Labute approximate surface area is 194 Å². The zero-order valence-corrected chi connectivity index (χ0v) is 19.9. The van der Waals surface area contributed by atoms with Gasteiger partial charge in [-0.15, -0.1) is 6.58 Å². The van der Waals surface area contributed by atoms with Crippen molar-refractivity contribution in [1.29, 1.82) is 0 Å². The van der Waals surface area contributed by atoms with Gasteiger partial charge in [0.25, 0.3) is 5.91 Å². The number of amides is 1. The van der Waals surface area contributed by atoms with Crippen LogP contribution in [0, 0.1) is 5.92 Å². The predicted octanol–water partition coefficient (Wildman–Crippen LogP) is 5.58. The molecule has 0 aliphatic carbocycles. The number of para-hydroxylation sites is 2. The number of carbonyl (C=O) groups is 1. The number of imidazole rings is 1. The third-order valence-corrected chi connectivity index (χ3v) is 5.73. The molecule has 0 aliphatic rings. The molecule has 6 nitrogen and oxygen atoms in total. The number of methoxy groups -OCH3 is 2. The lowest BCUT2D eigenvalue weighted by atomic mass is 10.1. The quantitative estimate of drug-likeness (QED) is 0.374. The molecule has 0 spiro atoms. The molecule has 7 heteroatoms. The van der Waals surface area contributed by atoms with Crippen LogP contribution in [0.25, 0.3) is 11.0 Å². The van der Waals surface area contributed by atoms with E-state index in [1.165, 1.54) is 14.2 Å². The van der Waals surface area contributed by atoms with E-state index in [9.17, 15) is 4.79 Å². The predicted molar refractivity (Wildman–Crippen MR) is 129 cm³/mol. The van der Waals surface area contributed by atoms with E-state index in [1.54, 1.807) is 17.0 Å². The summed E-state index contributed by atoms with van der Waals surface area (Å²) in [4.78, 5) is 20.2. The molecule has 0 N–H and O–H groups in total. The molecule has 0 aliphatic heterocycles. The lowest BCUT2D eigenvalue weighted by molar-refractivity contribution is 0.0729. The minimum absolute atomic E-state index is 0.172. The van der Waals surface area contributed by atoms with Crippen LogP contribution in [-0.4, -0.2) is 41.1 Å². The van der Waals surface area contributed by atoms with Crippen molar-refractivity contribution in [2.75, 3.05) is 20.8 Å². The van der Waals surface area contributed by atoms with Gasteiger partial charge in [-0.25, -0.2) is 4.98 Å². The maximum Gasteiger partial charge on any atom is 0.255 e. The van der Waals surface area contributed by atoms with Crippen molar-refractivity contribution in [2.45, 2.75) is 33.4 Å². The molecule has 0 bridgehead atoms. The molecule has 0 radical (unpaired) electrons. The largest absolute Gasteiger partial charge is 0.493 e. The van der Waals surface area contributed by atoms with Crippen molar-refractivity contribution in [2.24, 2.45) is 5.92 Å². The van der Waals surface area contributed by atoms with E-state index in [-0.39, 0.29) is 10.9 Å². The van der Waals surface area contributed by atoms with Gasteiger partial charge in [-0.05, 0) is 36.6 Å². The molecule has 3 aromatic rings. The van der Waals surface area contributed by atoms with E-state index < -0.39 is 0 Å². The average molecular weight is 456 g/mol. The zero-order chi connectivity index (χ0) is 23.3. The zero-order valence-electron chi connectivity index (χ0n) is 19.1.